The molecule has 0 radical (unpaired) electrons. The van der Waals surface area contributed by atoms with Crippen molar-refractivity contribution >= 4 is 5.69 Å². The van der Waals surface area contributed by atoms with E-state index in [9.17, 15) is 0 Å². The third-order valence-corrected chi connectivity index (χ3v) is 2.81. The number of rotatable bonds is 5. The Kier molecular flexibility index (Phi) is 4.25. The molecule has 4 heteroatoms. The van der Waals surface area contributed by atoms with Crippen LogP contribution in [0.1, 0.15) is 11.3 Å². The van der Waals surface area contributed by atoms with E-state index in [0.29, 0.717) is 5.69 Å². The smallest absolute Gasteiger partial charge is 0.0545 e. The molecule has 0 saturated carbocycles. The van der Waals surface area contributed by atoms with Crippen molar-refractivity contribution in [3.63, 3.8) is 0 Å². The summed E-state index contributed by atoms with van der Waals surface area (Å²) in [6.07, 6.45) is 6.38. The van der Waals surface area contributed by atoms with Crippen LogP contribution in [-0.2, 0) is 13.0 Å². The van der Waals surface area contributed by atoms with E-state index in [1.807, 2.05) is 24.5 Å². The van der Waals surface area contributed by atoms with Crippen molar-refractivity contribution in [3.05, 3.63) is 54.1 Å². The Morgan fingerprint density at radius 3 is 2.61 bits per heavy atom. The molecule has 0 spiro atoms. The molecule has 2 aromatic rings. The normalized spacial score (nSPS) is 10.8. The standard InChI is InChI=1S/C14H18N4/c1-18(9-6-12-4-7-16-8-5-12)11-14-3-2-13(15)10-17-14/h2-5,7-8,10H,6,9,11,15H2,1H3. The SMILES string of the molecule is CN(CCc1ccncc1)Cc1ccc(N)cn1. The van der Waals surface area contributed by atoms with Gasteiger partial charge in [0.2, 0.25) is 0 Å². The number of likely N-dealkylation sites (N-methyl/N-ethyl adjacent to an activating group) is 1. The summed E-state index contributed by atoms with van der Waals surface area (Å²) in [4.78, 5) is 10.6. The minimum atomic E-state index is 0.707. The Morgan fingerprint density at radius 2 is 1.94 bits per heavy atom. The fourth-order valence-corrected chi connectivity index (χ4v) is 1.75. The number of nitrogens with zero attached hydrogens (tertiary/aromatic N) is 3. The molecule has 0 atom stereocenters. The maximum Gasteiger partial charge on any atom is 0.0545 e. The first kappa shape index (κ1) is 12.5. The molecule has 2 aromatic heterocycles. The summed E-state index contributed by atoms with van der Waals surface area (Å²) < 4.78 is 0. The first-order valence-electron chi connectivity index (χ1n) is 6.02. The number of aromatic nitrogens is 2. The van der Waals surface area contributed by atoms with Gasteiger partial charge < -0.3 is 10.6 Å². The molecule has 0 amide bonds. The van der Waals surface area contributed by atoms with Gasteiger partial charge in [0.1, 0.15) is 0 Å². The van der Waals surface area contributed by atoms with Crippen LogP contribution >= 0.6 is 0 Å². The molecule has 2 N–H and O–H groups in total. The average Bonchev–Trinajstić information content (AvgIpc) is 2.40. The van der Waals surface area contributed by atoms with Crippen molar-refractivity contribution in [2.75, 3.05) is 19.3 Å². The second-order valence-corrected chi connectivity index (χ2v) is 4.43. The van der Waals surface area contributed by atoms with Crippen molar-refractivity contribution in [1.82, 2.24) is 14.9 Å². The Morgan fingerprint density at radius 1 is 1.17 bits per heavy atom. The van der Waals surface area contributed by atoms with Crippen LogP contribution in [-0.4, -0.2) is 28.5 Å². The minimum absolute atomic E-state index is 0.707. The molecule has 2 rings (SSSR count). The van der Waals surface area contributed by atoms with Gasteiger partial charge in [-0.1, -0.05) is 0 Å². The summed E-state index contributed by atoms with van der Waals surface area (Å²) in [5.41, 5.74) is 8.67. The van der Waals surface area contributed by atoms with Crippen LogP contribution in [0.4, 0.5) is 5.69 Å². The highest BCUT2D eigenvalue weighted by molar-refractivity contribution is 5.34. The van der Waals surface area contributed by atoms with Gasteiger partial charge in [0.15, 0.2) is 0 Å². The first-order chi connectivity index (χ1) is 8.74. The van der Waals surface area contributed by atoms with Crippen molar-refractivity contribution in [2.45, 2.75) is 13.0 Å². The van der Waals surface area contributed by atoms with Crippen molar-refractivity contribution in [3.8, 4) is 0 Å². The van der Waals surface area contributed by atoms with Gasteiger partial charge in [-0.2, -0.15) is 0 Å². The van der Waals surface area contributed by atoms with Gasteiger partial charge >= 0.3 is 0 Å². The van der Waals surface area contributed by atoms with Gasteiger partial charge in [-0.3, -0.25) is 9.97 Å². The van der Waals surface area contributed by atoms with Gasteiger partial charge in [-0.25, -0.2) is 0 Å². The number of anilines is 1. The van der Waals surface area contributed by atoms with Crippen LogP contribution in [0.2, 0.25) is 0 Å². The Balaban J connectivity index is 1.82. The fraction of sp³-hybridized carbons (Fsp3) is 0.286. The summed E-state index contributed by atoms with van der Waals surface area (Å²) in [5, 5.41) is 0. The highest BCUT2D eigenvalue weighted by Gasteiger charge is 2.02. The van der Waals surface area contributed by atoms with Crippen molar-refractivity contribution < 1.29 is 0 Å². The molecular weight excluding hydrogens is 224 g/mol. The fourth-order valence-electron chi connectivity index (χ4n) is 1.75. The Hall–Kier alpha value is -1.94. The van der Waals surface area contributed by atoms with Crippen LogP contribution in [0, 0.1) is 0 Å². The van der Waals surface area contributed by atoms with E-state index in [1.54, 1.807) is 6.20 Å². The monoisotopic (exact) mass is 242 g/mol. The van der Waals surface area contributed by atoms with Gasteiger partial charge in [-0.15, -0.1) is 0 Å². The lowest BCUT2D eigenvalue weighted by Crippen LogP contribution is -2.21. The van der Waals surface area contributed by atoms with Gasteiger partial charge in [0.05, 0.1) is 17.6 Å². The third-order valence-electron chi connectivity index (χ3n) is 2.81. The van der Waals surface area contributed by atoms with Crippen LogP contribution < -0.4 is 5.73 Å². The summed E-state index contributed by atoms with van der Waals surface area (Å²) in [6, 6.07) is 7.96. The number of pyridine rings is 2. The molecule has 18 heavy (non-hydrogen) atoms. The van der Waals surface area contributed by atoms with E-state index < -0.39 is 0 Å². The summed E-state index contributed by atoms with van der Waals surface area (Å²) >= 11 is 0. The highest BCUT2D eigenvalue weighted by Crippen LogP contribution is 2.05. The van der Waals surface area contributed by atoms with E-state index in [1.165, 1.54) is 5.56 Å². The molecule has 94 valence electrons. The van der Waals surface area contributed by atoms with Crippen molar-refractivity contribution in [2.24, 2.45) is 0 Å². The molecule has 0 saturated heterocycles. The zero-order valence-corrected chi connectivity index (χ0v) is 10.6. The molecule has 2 heterocycles. The topological polar surface area (TPSA) is 55.0 Å². The van der Waals surface area contributed by atoms with Crippen LogP contribution in [0.15, 0.2) is 42.9 Å². The van der Waals surface area contributed by atoms with Crippen molar-refractivity contribution in [1.29, 1.82) is 0 Å². The van der Waals surface area contributed by atoms with Crippen LogP contribution in [0.3, 0.4) is 0 Å². The van der Waals surface area contributed by atoms with Crippen LogP contribution in [0.25, 0.3) is 0 Å². The quantitative estimate of drug-likeness (QED) is 0.867. The Labute approximate surface area is 107 Å². The maximum absolute atomic E-state index is 5.61. The summed E-state index contributed by atoms with van der Waals surface area (Å²) in [5.74, 6) is 0. The molecule has 0 bridgehead atoms. The van der Waals surface area contributed by atoms with E-state index in [-0.39, 0.29) is 0 Å². The summed E-state index contributed by atoms with van der Waals surface area (Å²) in [6.45, 7) is 1.83. The van der Waals surface area contributed by atoms with Gasteiger partial charge in [0, 0.05) is 25.5 Å². The second-order valence-electron chi connectivity index (χ2n) is 4.43. The van der Waals surface area contributed by atoms with E-state index in [2.05, 4.69) is 34.0 Å². The van der Waals surface area contributed by atoms with Crippen LogP contribution in [0.5, 0.6) is 0 Å². The summed E-state index contributed by atoms with van der Waals surface area (Å²) in [7, 11) is 2.10. The van der Waals surface area contributed by atoms with E-state index in [4.69, 9.17) is 5.73 Å². The molecule has 0 fully saturated rings. The lowest BCUT2D eigenvalue weighted by molar-refractivity contribution is 0.327. The molecule has 0 unspecified atom stereocenters. The lowest BCUT2D eigenvalue weighted by atomic mass is 10.2. The Bertz CT molecular complexity index is 467. The largest absolute Gasteiger partial charge is 0.397 e. The van der Waals surface area contributed by atoms with E-state index in [0.717, 1.165) is 25.2 Å². The van der Waals surface area contributed by atoms with Gasteiger partial charge in [-0.05, 0) is 43.3 Å². The second kappa shape index (κ2) is 6.12. The number of hydrogen-bond donors (Lipinski definition) is 1. The average molecular weight is 242 g/mol. The molecule has 0 aliphatic heterocycles. The number of nitrogens with two attached hydrogens (primary N) is 1. The predicted octanol–water partition coefficient (Wildman–Crippen LogP) is 1.73. The number of nitrogen functional groups attached to an aromatic ring is 1. The lowest BCUT2D eigenvalue weighted by Gasteiger charge is -2.16. The molecule has 0 aromatic carbocycles. The maximum atomic E-state index is 5.61. The zero-order valence-electron chi connectivity index (χ0n) is 10.6. The molecular formula is C14H18N4. The number of hydrogen-bond acceptors (Lipinski definition) is 4. The molecule has 4 nitrogen and oxygen atoms in total. The molecule has 0 aliphatic rings. The highest BCUT2D eigenvalue weighted by atomic mass is 15.1. The van der Waals surface area contributed by atoms with Gasteiger partial charge in [0.25, 0.3) is 0 Å². The minimum Gasteiger partial charge on any atom is -0.397 e. The van der Waals surface area contributed by atoms with E-state index >= 15 is 0 Å². The first-order valence-corrected chi connectivity index (χ1v) is 6.02. The zero-order chi connectivity index (χ0) is 12.8. The molecule has 0 aliphatic carbocycles. The third kappa shape index (κ3) is 3.82. The predicted molar refractivity (Wildman–Crippen MR) is 72.9 cm³/mol.